The summed E-state index contributed by atoms with van der Waals surface area (Å²) in [4.78, 5) is 4.29. The van der Waals surface area contributed by atoms with E-state index in [0.29, 0.717) is 5.82 Å². The van der Waals surface area contributed by atoms with Crippen LogP contribution in [0.15, 0.2) is 54.7 Å². The van der Waals surface area contributed by atoms with Crippen molar-refractivity contribution in [2.45, 2.75) is 0 Å². The minimum atomic E-state index is -0.309. The molecule has 0 bridgehead atoms. The lowest BCUT2D eigenvalue weighted by atomic mass is 10.1. The van der Waals surface area contributed by atoms with Crippen LogP contribution in [0.3, 0.4) is 0 Å². The van der Waals surface area contributed by atoms with Gasteiger partial charge in [0.15, 0.2) is 11.5 Å². The van der Waals surface area contributed by atoms with Gasteiger partial charge in [-0.1, -0.05) is 53.5 Å². The predicted octanol–water partition coefficient (Wildman–Crippen LogP) is 5.59. The third-order valence-electron chi connectivity index (χ3n) is 4.30. The number of nitrogen functional groups attached to an aromatic ring is 1. The molecule has 0 saturated carbocycles. The van der Waals surface area contributed by atoms with Gasteiger partial charge in [-0.25, -0.2) is 9.37 Å². The zero-order valence-electron chi connectivity index (χ0n) is 13.7. The van der Waals surface area contributed by atoms with Crippen LogP contribution in [0.1, 0.15) is 5.69 Å². The van der Waals surface area contributed by atoms with Crippen molar-refractivity contribution in [1.29, 1.82) is 5.26 Å². The maximum Gasteiger partial charge on any atom is 0.163 e. The van der Waals surface area contributed by atoms with E-state index < -0.39 is 0 Å². The summed E-state index contributed by atoms with van der Waals surface area (Å²) >= 11 is 12.4. The third-order valence-corrected chi connectivity index (χ3v) is 5.05. The number of fused-ring (bicyclic) bond motifs is 1. The van der Waals surface area contributed by atoms with E-state index in [1.54, 1.807) is 16.7 Å². The van der Waals surface area contributed by atoms with Crippen LogP contribution >= 0.6 is 23.2 Å². The summed E-state index contributed by atoms with van der Waals surface area (Å²) in [7, 11) is 0. The molecule has 0 radical (unpaired) electrons. The molecule has 2 aromatic carbocycles. The third kappa shape index (κ3) is 2.80. The van der Waals surface area contributed by atoms with Crippen LogP contribution in [0.2, 0.25) is 10.0 Å². The Kier molecular flexibility index (Phi) is 4.23. The molecule has 132 valence electrons. The molecule has 2 aromatic heterocycles. The molecule has 7 heteroatoms. The van der Waals surface area contributed by atoms with Crippen molar-refractivity contribution in [3.05, 3.63) is 76.3 Å². The molecule has 0 atom stereocenters. The molecule has 4 aromatic rings. The first kappa shape index (κ1) is 17.3. The van der Waals surface area contributed by atoms with Crippen molar-refractivity contribution in [1.82, 2.24) is 9.55 Å². The van der Waals surface area contributed by atoms with Gasteiger partial charge in [-0.15, -0.1) is 0 Å². The Labute approximate surface area is 164 Å². The quantitative estimate of drug-likeness (QED) is 0.479. The van der Waals surface area contributed by atoms with Gasteiger partial charge in [-0.05, 0) is 23.8 Å². The van der Waals surface area contributed by atoms with E-state index in [-0.39, 0.29) is 27.2 Å². The first-order chi connectivity index (χ1) is 13.0. The molecule has 0 amide bonds. The fourth-order valence-electron chi connectivity index (χ4n) is 3.00. The van der Waals surface area contributed by atoms with Crippen molar-refractivity contribution < 1.29 is 4.39 Å². The SMILES string of the molecule is N#Cc1nc(-n2cc(-c3ccc(F)cc3)c3ccccc32)c(Cl)c(N)c1Cl. The number of rotatable bonds is 2. The highest BCUT2D eigenvalue weighted by Gasteiger charge is 2.19. The Morgan fingerprint density at radius 2 is 1.74 bits per heavy atom. The summed E-state index contributed by atoms with van der Waals surface area (Å²) < 4.78 is 15.1. The van der Waals surface area contributed by atoms with Crippen LogP contribution in [0.4, 0.5) is 10.1 Å². The molecular formula is C20H11Cl2FN4. The van der Waals surface area contributed by atoms with E-state index >= 15 is 0 Å². The standard InChI is InChI=1S/C20H11Cl2FN4/c21-17-15(9-24)26-20(18(22)19(17)25)27-10-14(11-5-7-12(23)8-6-11)13-3-1-2-4-16(13)27/h1-8,10H,(H2,25,26). The second-order valence-electron chi connectivity index (χ2n) is 5.87. The highest BCUT2D eigenvalue weighted by Crippen LogP contribution is 2.38. The average molecular weight is 397 g/mol. The van der Waals surface area contributed by atoms with E-state index in [4.69, 9.17) is 28.9 Å². The number of hydrogen-bond acceptors (Lipinski definition) is 3. The minimum absolute atomic E-state index is 0.00493. The van der Waals surface area contributed by atoms with E-state index in [2.05, 4.69) is 4.98 Å². The van der Waals surface area contributed by atoms with E-state index in [1.165, 1.54) is 12.1 Å². The number of anilines is 1. The number of nitrogens with two attached hydrogens (primary N) is 1. The second kappa shape index (κ2) is 6.58. The number of halogens is 3. The first-order valence-corrected chi connectivity index (χ1v) is 8.68. The van der Waals surface area contributed by atoms with Crippen LogP contribution in [-0.4, -0.2) is 9.55 Å². The molecule has 0 fully saturated rings. The van der Waals surface area contributed by atoms with E-state index in [0.717, 1.165) is 22.0 Å². The zero-order valence-corrected chi connectivity index (χ0v) is 15.3. The molecule has 2 N–H and O–H groups in total. The molecule has 4 nitrogen and oxygen atoms in total. The van der Waals surface area contributed by atoms with Crippen LogP contribution in [0, 0.1) is 17.1 Å². The van der Waals surface area contributed by atoms with Crippen LogP contribution in [0.5, 0.6) is 0 Å². The van der Waals surface area contributed by atoms with E-state index in [1.807, 2.05) is 36.5 Å². The number of nitrogens with zero attached hydrogens (tertiary/aromatic N) is 3. The lowest BCUT2D eigenvalue weighted by Gasteiger charge is -2.11. The van der Waals surface area contributed by atoms with Gasteiger partial charge >= 0.3 is 0 Å². The van der Waals surface area contributed by atoms with Gasteiger partial charge in [0.05, 0.1) is 11.2 Å². The molecule has 0 aliphatic rings. The normalized spacial score (nSPS) is 10.9. The molecule has 0 saturated heterocycles. The van der Waals surface area contributed by atoms with Crippen LogP contribution in [-0.2, 0) is 0 Å². The Balaban J connectivity index is 2.04. The van der Waals surface area contributed by atoms with Gasteiger partial charge in [0.25, 0.3) is 0 Å². The number of pyridine rings is 1. The lowest BCUT2D eigenvalue weighted by Crippen LogP contribution is -2.03. The average Bonchev–Trinajstić information content (AvgIpc) is 3.07. The second-order valence-corrected chi connectivity index (χ2v) is 6.63. The Bertz CT molecular complexity index is 1220. The molecule has 4 rings (SSSR count). The highest BCUT2D eigenvalue weighted by molar-refractivity contribution is 6.40. The number of aromatic nitrogens is 2. The first-order valence-electron chi connectivity index (χ1n) is 7.92. The maximum atomic E-state index is 13.3. The van der Waals surface area contributed by atoms with E-state index in [9.17, 15) is 9.65 Å². The number of benzene rings is 2. The Morgan fingerprint density at radius 3 is 2.44 bits per heavy atom. The summed E-state index contributed by atoms with van der Waals surface area (Å²) in [6.07, 6.45) is 1.83. The fraction of sp³-hybridized carbons (Fsp3) is 0. The predicted molar refractivity (Wildman–Crippen MR) is 106 cm³/mol. The molecule has 0 spiro atoms. The van der Waals surface area contributed by atoms with Crippen LogP contribution < -0.4 is 5.73 Å². The molecule has 2 heterocycles. The van der Waals surface area contributed by atoms with Gasteiger partial charge in [0.2, 0.25) is 0 Å². The van der Waals surface area contributed by atoms with Crippen molar-refractivity contribution in [3.63, 3.8) is 0 Å². The van der Waals surface area contributed by atoms with Gasteiger partial charge in [-0.2, -0.15) is 5.26 Å². The molecule has 0 aliphatic heterocycles. The highest BCUT2D eigenvalue weighted by atomic mass is 35.5. The summed E-state index contributed by atoms with van der Waals surface area (Å²) in [5.74, 6) is -0.00369. The van der Waals surface area contributed by atoms with Gasteiger partial charge < -0.3 is 5.73 Å². The molecule has 0 aliphatic carbocycles. The fourth-order valence-corrected chi connectivity index (χ4v) is 3.45. The van der Waals surface area contributed by atoms with Gasteiger partial charge in [0.1, 0.15) is 21.9 Å². The monoisotopic (exact) mass is 396 g/mol. The van der Waals surface area contributed by atoms with Crippen molar-refractivity contribution in [3.8, 4) is 23.0 Å². The number of hydrogen-bond donors (Lipinski definition) is 1. The topological polar surface area (TPSA) is 67.6 Å². The summed E-state index contributed by atoms with van der Waals surface area (Å²) in [5.41, 5.74) is 8.58. The Hall–Kier alpha value is -3.07. The molecule has 0 unspecified atom stereocenters. The number of nitriles is 1. The lowest BCUT2D eigenvalue weighted by molar-refractivity contribution is 0.628. The van der Waals surface area contributed by atoms with Crippen molar-refractivity contribution in [2.24, 2.45) is 0 Å². The van der Waals surface area contributed by atoms with Crippen molar-refractivity contribution in [2.75, 3.05) is 5.73 Å². The summed E-state index contributed by atoms with van der Waals surface area (Å²) in [5, 5.41) is 10.4. The molecular weight excluding hydrogens is 386 g/mol. The molecule has 27 heavy (non-hydrogen) atoms. The number of para-hydroxylation sites is 1. The van der Waals surface area contributed by atoms with Crippen molar-refractivity contribution >= 4 is 39.8 Å². The largest absolute Gasteiger partial charge is 0.396 e. The summed E-state index contributed by atoms with van der Waals surface area (Å²) in [6.45, 7) is 0. The maximum absolute atomic E-state index is 13.3. The van der Waals surface area contributed by atoms with Gasteiger partial charge in [-0.3, -0.25) is 4.57 Å². The van der Waals surface area contributed by atoms with Crippen LogP contribution in [0.25, 0.3) is 27.8 Å². The summed E-state index contributed by atoms with van der Waals surface area (Å²) in [6, 6.07) is 15.8. The zero-order chi connectivity index (χ0) is 19.1. The van der Waals surface area contributed by atoms with Gasteiger partial charge in [0, 0.05) is 17.1 Å². The Morgan fingerprint density at radius 1 is 1.04 bits per heavy atom. The smallest absolute Gasteiger partial charge is 0.163 e. The minimum Gasteiger partial charge on any atom is -0.396 e.